The van der Waals surface area contributed by atoms with Crippen molar-refractivity contribution in [2.24, 2.45) is 0 Å². The number of benzene rings is 1. The van der Waals surface area contributed by atoms with Crippen molar-refractivity contribution < 1.29 is 9.53 Å². The summed E-state index contributed by atoms with van der Waals surface area (Å²) in [6, 6.07) is 11.6. The van der Waals surface area contributed by atoms with Gasteiger partial charge in [-0.3, -0.25) is 9.78 Å². The number of nitrogens with one attached hydrogen (secondary N) is 1. The van der Waals surface area contributed by atoms with Crippen LogP contribution in [0.15, 0.2) is 48.8 Å². The fourth-order valence-corrected chi connectivity index (χ4v) is 3.10. The van der Waals surface area contributed by atoms with Gasteiger partial charge in [0.25, 0.3) is 5.91 Å². The van der Waals surface area contributed by atoms with E-state index in [0.29, 0.717) is 18.7 Å². The SMILES string of the molecule is CC(Oc1cccnc1)C(=O)NCCc1nc2ccccc2s1. The zero-order valence-electron chi connectivity index (χ0n) is 12.7. The van der Waals surface area contributed by atoms with Gasteiger partial charge in [0.05, 0.1) is 21.4 Å². The summed E-state index contributed by atoms with van der Waals surface area (Å²) >= 11 is 1.66. The topological polar surface area (TPSA) is 64.1 Å². The van der Waals surface area contributed by atoms with Gasteiger partial charge in [-0.05, 0) is 31.2 Å². The van der Waals surface area contributed by atoms with E-state index in [-0.39, 0.29) is 5.91 Å². The van der Waals surface area contributed by atoms with Gasteiger partial charge in [-0.1, -0.05) is 12.1 Å². The summed E-state index contributed by atoms with van der Waals surface area (Å²) in [5.41, 5.74) is 1.01. The van der Waals surface area contributed by atoms with Crippen LogP contribution in [0.1, 0.15) is 11.9 Å². The summed E-state index contributed by atoms with van der Waals surface area (Å²) in [6.07, 6.45) is 3.40. The third-order valence-corrected chi connectivity index (χ3v) is 4.39. The number of para-hydroxylation sites is 1. The number of ether oxygens (including phenoxy) is 1. The molecule has 0 aliphatic heterocycles. The maximum atomic E-state index is 12.0. The van der Waals surface area contributed by atoms with Gasteiger partial charge in [-0.15, -0.1) is 11.3 Å². The van der Waals surface area contributed by atoms with Crippen molar-refractivity contribution in [3.05, 3.63) is 53.8 Å². The van der Waals surface area contributed by atoms with Crippen LogP contribution < -0.4 is 10.1 Å². The second-order valence-electron chi connectivity index (χ2n) is 5.07. The summed E-state index contributed by atoms with van der Waals surface area (Å²) in [5.74, 6) is 0.441. The molecular weight excluding hydrogens is 310 g/mol. The number of hydrogen-bond acceptors (Lipinski definition) is 5. The fourth-order valence-electron chi connectivity index (χ4n) is 2.14. The monoisotopic (exact) mass is 327 g/mol. The Morgan fingerprint density at radius 2 is 2.17 bits per heavy atom. The Kier molecular flexibility index (Phi) is 4.83. The maximum Gasteiger partial charge on any atom is 0.260 e. The van der Waals surface area contributed by atoms with Crippen molar-refractivity contribution in [2.45, 2.75) is 19.4 Å². The molecule has 2 aromatic heterocycles. The predicted molar refractivity (Wildman–Crippen MR) is 90.7 cm³/mol. The van der Waals surface area contributed by atoms with Crippen molar-refractivity contribution in [1.29, 1.82) is 0 Å². The van der Waals surface area contributed by atoms with Gasteiger partial charge < -0.3 is 10.1 Å². The number of thiazole rings is 1. The molecule has 6 heteroatoms. The first-order valence-corrected chi connectivity index (χ1v) is 8.23. The first kappa shape index (κ1) is 15.4. The molecule has 0 radical (unpaired) electrons. The van der Waals surface area contributed by atoms with Crippen LogP contribution in [0.5, 0.6) is 5.75 Å². The summed E-state index contributed by atoms with van der Waals surface area (Å²) < 4.78 is 6.71. The minimum atomic E-state index is -0.561. The number of aromatic nitrogens is 2. The molecule has 1 amide bonds. The highest BCUT2D eigenvalue weighted by atomic mass is 32.1. The second-order valence-corrected chi connectivity index (χ2v) is 6.18. The highest BCUT2D eigenvalue weighted by molar-refractivity contribution is 7.18. The number of pyridine rings is 1. The molecule has 2 heterocycles. The Labute approximate surface area is 138 Å². The van der Waals surface area contributed by atoms with Crippen LogP contribution in [0.25, 0.3) is 10.2 Å². The quantitative estimate of drug-likeness (QED) is 0.756. The van der Waals surface area contributed by atoms with Gasteiger partial charge in [0.1, 0.15) is 5.75 Å². The van der Waals surface area contributed by atoms with Gasteiger partial charge in [-0.2, -0.15) is 0 Å². The Bertz CT molecular complexity index is 756. The van der Waals surface area contributed by atoms with Gasteiger partial charge in [0.2, 0.25) is 0 Å². The first-order valence-electron chi connectivity index (χ1n) is 7.41. The second kappa shape index (κ2) is 7.19. The number of fused-ring (bicyclic) bond motifs is 1. The molecule has 5 nitrogen and oxygen atoms in total. The number of hydrogen-bond donors (Lipinski definition) is 1. The number of rotatable bonds is 6. The lowest BCUT2D eigenvalue weighted by molar-refractivity contribution is -0.127. The zero-order valence-corrected chi connectivity index (χ0v) is 13.5. The Morgan fingerprint density at radius 1 is 1.30 bits per heavy atom. The van der Waals surface area contributed by atoms with Crippen LogP contribution in [-0.4, -0.2) is 28.5 Å². The van der Waals surface area contributed by atoms with Crippen LogP contribution in [0.4, 0.5) is 0 Å². The standard InChI is InChI=1S/C17H17N3O2S/c1-12(22-13-5-4-9-18-11-13)17(21)19-10-8-16-20-14-6-2-3-7-15(14)23-16/h2-7,9,11-12H,8,10H2,1H3,(H,19,21). The number of carbonyl (C=O) groups is 1. The van der Waals surface area contributed by atoms with Crippen molar-refractivity contribution in [2.75, 3.05) is 6.54 Å². The van der Waals surface area contributed by atoms with Crippen LogP contribution in [0.3, 0.4) is 0 Å². The fraction of sp³-hybridized carbons (Fsp3) is 0.235. The normalized spacial score (nSPS) is 12.0. The zero-order chi connectivity index (χ0) is 16.1. The molecule has 0 saturated carbocycles. The van der Waals surface area contributed by atoms with E-state index in [9.17, 15) is 4.79 Å². The molecule has 0 saturated heterocycles. The van der Waals surface area contributed by atoms with E-state index >= 15 is 0 Å². The molecule has 118 valence electrons. The number of amides is 1. The molecule has 1 atom stereocenters. The molecule has 3 aromatic rings. The lowest BCUT2D eigenvalue weighted by Gasteiger charge is -2.13. The van der Waals surface area contributed by atoms with E-state index in [2.05, 4.69) is 21.4 Å². The summed E-state index contributed by atoms with van der Waals surface area (Å²) in [6.45, 7) is 2.26. The molecule has 23 heavy (non-hydrogen) atoms. The van der Waals surface area contributed by atoms with Crippen LogP contribution in [0.2, 0.25) is 0 Å². The molecule has 0 bridgehead atoms. The number of nitrogens with zero attached hydrogens (tertiary/aromatic N) is 2. The van der Waals surface area contributed by atoms with E-state index < -0.39 is 6.10 Å². The Morgan fingerprint density at radius 3 is 2.96 bits per heavy atom. The molecule has 0 fully saturated rings. The van der Waals surface area contributed by atoms with E-state index in [1.165, 1.54) is 4.70 Å². The molecule has 0 spiro atoms. The summed E-state index contributed by atoms with van der Waals surface area (Å²) in [5, 5.41) is 3.90. The van der Waals surface area contributed by atoms with Crippen LogP contribution in [0, 0.1) is 0 Å². The third kappa shape index (κ3) is 4.04. The lowest BCUT2D eigenvalue weighted by Crippen LogP contribution is -2.37. The van der Waals surface area contributed by atoms with Crippen molar-refractivity contribution in [1.82, 2.24) is 15.3 Å². The highest BCUT2D eigenvalue weighted by Gasteiger charge is 2.14. The highest BCUT2D eigenvalue weighted by Crippen LogP contribution is 2.21. The average Bonchev–Trinajstić information content (AvgIpc) is 2.98. The van der Waals surface area contributed by atoms with Gasteiger partial charge in [-0.25, -0.2) is 4.98 Å². The molecule has 0 aliphatic rings. The van der Waals surface area contributed by atoms with Crippen LogP contribution >= 0.6 is 11.3 Å². The Balaban J connectivity index is 1.48. The van der Waals surface area contributed by atoms with Crippen molar-refractivity contribution >= 4 is 27.5 Å². The molecule has 3 rings (SSSR count). The molecule has 1 unspecified atom stereocenters. The summed E-state index contributed by atoms with van der Waals surface area (Å²) in [7, 11) is 0. The predicted octanol–water partition coefficient (Wildman–Crippen LogP) is 2.82. The maximum absolute atomic E-state index is 12.0. The van der Waals surface area contributed by atoms with E-state index in [0.717, 1.165) is 10.5 Å². The molecule has 0 aliphatic carbocycles. The third-order valence-electron chi connectivity index (χ3n) is 3.29. The first-order chi connectivity index (χ1) is 11.2. The van der Waals surface area contributed by atoms with Crippen LogP contribution in [-0.2, 0) is 11.2 Å². The minimum Gasteiger partial charge on any atom is -0.479 e. The Hall–Kier alpha value is -2.47. The minimum absolute atomic E-state index is 0.144. The van der Waals surface area contributed by atoms with Gasteiger partial charge in [0.15, 0.2) is 6.10 Å². The van der Waals surface area contributed by atoms with Gasteiger partial charge in [0, 0.05) is 19.2 Å². The van der Waals surface area contributed by atoms with Gasteiger partial charge >= 0.3 is 0 Å². The lowest BCUT2D eigenvalue weighted by atomic mass is 10.3. The number of carbonyl (C=O) groups excluding carboxylic acids is 1. The largest absolute Gasteiger partial charge is 0.479 e. The van der Waals surface area contributed by atoms with E-state index in [1.807, 2.05) is 18.2 Å². The van der Waals surface area contributed by atoms with E-state index in [1.54, 1.807) is 42.8 Å². The van der Waals surface area contributed by atoms with E-state index in [4.69, 9.17) is 4.74 Å². The van der Waals surface area contributed by atoms with Crippen molar-refractivity contribution in [3.63, 3.8) is 0 Å². The molecule has 1 N–H and O–H groups in total. The molecular formula is C17H17N3O2S. The molecule has 1 aromatic carbocycles. The summed E-state index contributed by atoms with van der Waals surface area (Å²) in [4.78, 5) is 20.5. The smallest absolute Gasteiger partial charge is 0.260 e. The average molecular weight is 327 g/mol. The van der Waals surface area contributed by atoms with Crippen molar-refractivity contribution in [3.8, 4) is 5.75 Å².